The van der Waals surface area contributed by atoms with Crippen LogP contribution in [0, 0.1) is 37.0 Å². The number of esters is 1. The van der Waals surface area contributed by atoms with E-state index in [1.807, 2.05) is 30.9 Å². The summed E-state index contributed by atoms with van der Waals surface area (Å²) >= 11 is 0. The van der Waals surface area contributed by atoms with Crippen LogP contribution in [0.2, 0.25) is 0 Å². The lowest BCUT2D eigenvalue weighted by Gasteiger charge is -2.44. The number of piperidine rings is 1. The zero-order valence-corrected chi connectivity index (χ0v) is 19.3. The molecule has 2 heterocycles. The van der Waals surface area contributed by atoms with E-state index < -0.39 is 5.97 Å². The Labute approximate surface area is 185 Å². The molecule has 1 saturated heterocycles. The number of nitrogens with zero attached hydrogens (tertiary/aromatic N) is 3. The van der Waals surface area contributed by atoms with Crippen molar-refractivity contribution in [2.24, 2.45) is 11.8 Å². The van der Waals surface area contributed by atoms with Gasteiger partial charge in [0.2, 0.25) is 0 Å². The molecule has 1 aliphatic heterocycles. The van der Waals surface area contributed by atoms with Gasteiger partial charge in [-0.15, -0.1) is 0 Å². The summed E-state index contributed by atoms with van der Waals surface area (Å²) in [5.74, 6) is 0.198. The van der Waals surface area contributed by atoms with Crippen molar-refractivity contribution in [3.05, 3.63) is 28.6 Å². The molecule has 6 nitrogen and oxygen atoms in total. The fourth-order valence-corrected chi connectivity index (χ4v) is 5.13. The summed E-state index contributed by atoms with van der Waals surface area (Å²) in [6.07, 6.45) is 8.39. The molecule has 1 aliphatic carbocycles. The number of hydrogen-bond donors (Lipinski definition) is 0. The molecule has 0 N–H and O–H groups in total. The van der Waals surface area contributed by atoms with E-state index in [9.17, 15) is 14.9 Å². The van der Waals surface area contributed by atoms with E-state index in [2.05, 4.69) is 18.4 Å². The molecule has 0 unspecified atom stereocenters. The summed E-state index contributed by atoms with van der Waals surface area (Å²) in [5, 5.41) is 9.52. The first-order valence-electron chi connectivity index (χ1n) is 11.6. The highest BCUT2D eigenvalue weighted by Crippen LogP contribution is 2.35. The monoisotopic (exact) mass is 425 g/mol. The maximum absolute atomic E-state index is 12.8. The minimum absolute atomic E-state index is 0.0771. The van der Waals surface area contributed by atoms with Crippen LogP contribution in [0.5, 0.6) is 0 Å². The molecule has 1 amide bonds. The van der Waals surface area contributed by atoms with Crippen LogP contribution in [0.4, 0.5) is 0 Å². The fraction of sp³-hybridized carbons (Fsp3) is 0.640. The molecule has 2 fully saturated rings. The van der Waals surface area contributed by atoms with Crippen molar-refractivity contribution in [3.8, 4) is 6.07 Å². The number of likely N-dealkylation sites (tertiary alicyclic amines) is 1. The van der Waals surface area contributed by atoms with Crippen molar-refractivity contribution >= 4 is 18.0 Å². The average molecular weight is 426 g/mol. The highest BCUT2D eigenvalue weighted by molar-refractivity contribution is 5.99. The predicted molar refractivity (Wildman–Crippen MR) is 120 cm³/mol. The molecule has 0 radical (unpaired) electrons. The SMILES string of the molecule is Cc1cc(/C=C(\C#N)C(=O)OCC(=O)N2CCC[C@H]3CCCC[C@H]32)c(C)n1CC(C)C. The summed E-state index contributed by atoms with van der Waals surface area (Å²) in [6, 6.07) is 4.21. The van der Waals surface area contributed by atoms with Gasteiger partial charge in [0.1, 0.15) is 11.6 Å². The van der Waals surface area contributed by atoms with E-state index >= 15 is 0 Å². The van der Waals surface area contributed by atoms with Gasteiger partial charge >= 0.3 is 5.97 Å². The molecule has 3 rings (SSSR count). The summed E-state index contributed by atoms with van der Waals surface area (Å²) in [5.41, 5.74) is 2.86. The van der Waals surface area contributed by atoms with E-state index in [0.717, 1.165) is 49.3 Å². The number of carbonyl (C=O) groups is 2. The van der Waals surface area contributed by atoms with Gasteiger partial charge in [-0.2, -0.15) is 5.26 Å². The number of aryl methyl sites for hydroxylation is 1. The third kappa shape index (κ3) is 5.39. The molecule has 0 spiro atoms. The first-order chi connectivity index (χ1) is 14.8. The summed E-state index contributed by atoms with van der Waals surface area (Å²) in [4.78, 5) is 27.2. The second-order valence-corrected chi connectivity index (χ2v) is 9.42. The van der Waals surface area contributed by atoms with Crippen molar-refractivity contribution < 1.29 is 14.3 Å². The second-order valence-electron chi connectivity index (χ2n) is 9.42. The fourth-order valence-electron chi connectivity index (χ4n) is 5.13. The van der Waals surface area contributed by atoms with Crippen LogP contribution in [0.1, 0.15) is 69.3 Å². The largest absolute Gasteiger partial charge is 0.451 e. The van der Waals surface area contributed by atoms with E-state index in [0.29, 0.717) is 11.8 Å². The van der Waals surface area contributed by atoms with Crippen molar-refractivity contribution in [2.75, 3.05) is 13.2 Å². The van der Waals surface area contributed by atoms with Gasteiger partial charge in [-0.25, -0.2) is 4.79 Å². The average Bonchev–Trinajstić information content (AvgIpc) is 3.02. The normalized spacial score (nSPS) is 21.5. The summed E-state index contributed by atoms with van der Waals surface area (Å²) in [7, 11) is 0. The third-order valence-electron chi connectivity index (χ3n) is 6.69. The molecule has 1 aromatic rings. The summed E-state index contributed by atoms with van der Waals surface area (Å²) < 4.78 is 7.47. The third-order valence-corrected chi connectivity index (χ3v) is 6.69. The van der Waals surface area contributed by atoms with Crippen LogP contribution in [0.3, 0.4) is 0 Å². The standard InChI is InChI=1S/C25H35N3O3/c1-17(2)15-28-18(3)12-21(19(28)4)13-22(14-26)25(30)31-16-24(29)27-11-7-9-20-8-5-6-10-23(20)27/h12-13,17,20,23H,5-11,15-16H2,1-4H3/b22-13+/t20-,23-/m1/s1. The number of aromatic nitrogens is 1. The van der Waals surface area contributed by atoms with Crippen LogP contribution < -0.4 is 0 Å². The lowest BCUT2D eigenvalue weighted by molar-refractivity contribution is -0.152. The van der Waals surface area contributed by atoms with Gasteiger partial charge in [-0.3, -0.25) is 4.79 Å². The zero-order valence-electron chi connectivity index (χ0n) is 19.3. The van der Waals surface area contributed by atoms with Crippen LogP contribution in [-0.2, 0) is 20.9 Å². The first kappa shape index (κ1) is 23.1. The Hall–Kier alpha value is -2.55. The van der Waals surface area contributed by atoms with Gasteiger partial charge < -0.3 is 14.2 Å². The number of carbonyl (C=O) groups excluding carboxylic acids is 2. The Morgan fingerprint density at radius 2 is 1.94 bits per heavy atom. The number of hydrogen-bond acceptors (Lipinski definition) is 4. The van der Waals surface area contributed by atoms with E-state index in [-0.39, 0.29) is 24.1 Å². The number of amides is 1. The summed E-state index contributed by atoms with van der Waals surface area (Å²) in [6.45, 7) is 9.63. The van der Waals surface area contributed by atoms with Gasteiger partial charge in [-0.1, -0.05) is 26.7 Å². The van der Waals surface area contributed by atoms with Gasteiger partial charge in [-0.05, 0) is 69.1 Å². The number of rotatable bonds is 6. The first-order valence-corrected chi connectivity index (χ1v) is 11.6. The molecule has 1 aromatic heterocycles. The Kier molecular flexibility index (Phi) is 7.59. The molecular formula is C25H35N3O3. The van der Waals surface area contributed by atoms with E-state index in [4.69, 9.17) is 4.74 Å². The van der Waals surface area contributed by atoms with Crippen LogP contribution in [0.25, 0.3) is 6.08 Å². The van der Waals surface area contributed by atoms with Crippen LogP contribution in [-0.4, -0.2) is 40.5 Å². The highest BCUT2D eigenvalue weighted by Gasteiger charge is 2.35. The van der Waals surface area contributed by atoms with Crippen molar-refractivity contribution in [1.29, 1.82) is 5.26 Å². The molecule has 1 saturated carbocycles. The molecule has 168 valence electrons. The lowest BCUT2D eigenvalue weighted by atomic mass is 9.78. The molecular weight excluding hydrogens is 390 g/mol. The second kappa shape index (κ2) is 10.2. The topological polar surface area (TPSA) is 75.3 Å². The predicted octanol–water partition coefficient (Wildman–Crippen LogP) is 4.39. The Bertz CT molecular complexity index is 889. The highest BCUT2D eigenvalue weighted by atomic mass is 16.5. The van der Waals surface area contributed by atoms with Gasteiger partial charge in [0.25, 0.3) is 5.91 Å². The molecule has 2 aliphatic rings. The van der Waals surface area contributed by atoms with Gasteiger partial charge in [0, 0.05) is 30.5 Å². The van der Waals surface area contributed by atoms with Gasteiger partial charge in [0.15, 0.2) is 6.61 Å². The maximum atomic E-state index is 12.8. The van der Waals surface area contributed by atoms with Crippen LogP contribution >= 0.6 is 0 Å². The van der Waals surface area contributed by atoms with Crippen molar-refractivity contribution in [3.63, 3.8) is 0 Å². The van der Waals surface area contributed by atoms with Crippen LogP contribution in [0.15, 0.2) is 11.6 Å². The molecule has 6 heteroatoms. The minimum atomic E-state index is -0.735. The number of fused-ring (bicyclic) bond motifs is 1. The molecule has 2 atom stereocenters. The minimum Gasteiger partial charge on any atom is -0.451 e. The van der Waals surface area contributed by atoms with Gasteiger partial charge in [0.05, 0.1) is 0 Å². The lowest BCUT2D eigenvalue weighted by Crippen LogP contribution is -2.50. The smallest absolute Gasteiger partial charge is 0.349 e. The number of ether oxygens (including phenoxy) is 1. The van der Waals surface area contributed by atoms with Crippen molar-refractivity contribution in [1.82, 2.24) is 9.47 Å². The van der Waals surface area contributed by atoms with E-state index in [1.165, 1.54) is 19.3 Å². The Balaban J connectivity index is 1.65. The van der Waals surface area contributed by atoms with Crippen molar-refractivity contribution in [2.45, 2.75) is 78.8 Å². The Morgan fingerprint density at radius 3 is 2.65 bits per heavy atom. The zero-order chi connectivity index (χ0) is 22.5. The molecule has 31 heavy (non-hydrogen) atoms. The quantitative estimate of drug-likeness (QED) is 0.385. The number of nitriles is 1. The maximum Gasteiger partial charge on any atom is 0.349 e. The Morgan fingerprint density at radius 1 is 1.23 bits per heavy atom. The van der Waals surface area contributed by atoms with E-state index in [1.54, 1.807) is 6.08 Å². The molecule has 0 aromatic carbocycles. The molecule has 0 bridgehead atoms.